The topological polar surface area (TPSA) is 71.1 Å². The molecule has 1 aliphatic rings. The molecule has 0 N–H and O–H groups in total. The third-order valence-electron chi connectivity index (χ3n) is 5.05. The number of carbonyl (C=O) groups excluding carboxylic acids is 2. The van der Waals surface area contributed by atoms with Crippen molar-refractivity contribution in [3.8, 4) is 11.1 Å². The number of benzene rings is 2. The first kappa shape index (κ1) is 19.9. The van der Waals surface area contributed by atoms with E-state index < -0.39 is 12.1 Å². The zero-order chi connectivity index (χ0) is 19.8. The van der Waals surface area contributed by atoms with Crippen LogP contribution in [0.2, 0.25) is 0 Å². The molecule has 0 amide bonds. The molecule has 2 atom stereocenters. The van der Waals surface area contributed by atoms with Crippen molar-refractivity contribution in [2.45, 2.75) is 45.1 Å². The molecule has 6 nitrogen and oxygen atoms in total. The summed E-state index contributed by atoms with van der Waals surface area (Å²) < 4.78 is 5.27. The Morgan fingerprint density at radius 3 is 2.29 bits per heavy atom. The number of carbonyl (C=O) groups is 2. The van der Waals surface area contributed by atoms with Gasteiger partial charge in [0.15, 0.2) is 0 Å². The quantitative estimate of drug-likeness (QED) is 0.373. The minimum atomic E-state index is -1.00. The molecule has 2 unspecified atom stereocenters. The number of rotatable bonds is 6. The Bertz CT molecular complexity index is 771. The Balaban J connectivity index is 1.44. The summed E-state index contributed by atoms with van der Waals surface area (Å²) in [6.07, 6.45) is 3.75. The van der Waals surface area contributed by atoms with E-state index in [4.69, 9.17) is 4.74 Å². The van der Waals surface area contributed by atoms with Crippen molar-refractivity contribution in [2.75, 3.05) is 0 Å². The predicted octanol–water partition coefficient (Wildman–Crippen LogP) is 5.48. The van der Waals surface area contributed by atoms with E-state index in [0.717, 1.165) is 43.2 Å². The highest BCUT2D eigenvalue weighted by Gasteiger charge is 2.28. The SMILES string of the molecule is CCC1CCCCC1OC(=O)OOOC(=O)c1ccc(-c2ccccc2)cc1. The second-order valence-corrected chi connectivity index (χ2v) is 6.82. The monoisotopic (exact) mass is 384 g/mol. The molecule has 0 heterocycles. The van der Waals surface area contributed by atoms with Gasteiger partial charge in [-0.1, -0.05) is 55.8 Å². The van der Waals surface area contributed by atoms with Gasteiger partial charge in [0.1, 0.15) is 6.10 Å². The van der Waals surface area contributed by atoms with Crippen molar-refractivity contribution in [3.05, 3.63) is 60.2 Å². The fourth-order valence-corrected chi connectivity index (χ4v) is 3.49. The first-order valence-corrected chi connectivity index (χ1v) is 9.59. The van der Waals surface area contributed by atoms with Crippen LogP contribution in [-0.2, 0) is 19.6 Å². The van der Waals surface area contributed by atoms with Crippen LogP contribution in [0.25, 0.3) is 11.1 Å². The second kappa shape index (κ2) is 9.90. The van der Waals surface area contributed by atoms with Crippen LogP contribution in [-0.4, -0.2) is 18.2 Å². The summed E-state index contributed by atoms with van der Waals surface area (Å²) in [6, 6.07) is 16.6. The summed E-state index contributed by atoms with van der Waals surface area (Å²) in [7, 11) is 0. The molecule has 1 fully saturated rings. The van der Waals surface area contributed by atoms with Crippen LogP contribution in [0.3, 0.4) is 0 Å². The average Bonchev–Trinajstić information content (AvgIpc) is 2.75. The van der Waals surface area contributed by atoms with Crippen molar-refractivity contribution in [1.82, 2.24) is 0 Å². The summed E-state index contributed by atoms with van der Waals surface area (Å²) in [5, 5.41) is 4.31. The highest BCUT2D eigenvalue weighted by molar-refractivity contribution is 5.89. The van der Waals surface area contributed by atoms with Crippen molar-refractivity contribution < 1.29 is 29.1 Å². The number of ether oxygens (including phenoxy) is 1. The first-order chi connectivity index (χ1) is 13.7. The summed E-state index contributed by atoms with van der Waals surface area (Å²) in [5.74, 6) is -0.441. The van der Waals surface area contributed by atoms with Crippen molar-refractivity contribution >= 4 is 12.1 Å². The largest absolute Gasteiger partial charge is 0.543 e. The maximum absolute atomic E-state index is 12.0. The maximum atomic E-state index is 12.0. The third-order valence-corrected chi connectivity index (χ3v) is 5.05. The molecule has 0 radical (unpaired) electrons. The average molecular weight is 384 g/mol. The molecule has 1 aliphatic carbocycles. The molecule has 0 saturated heterocycles. The Labute approximate surface area is 164 Å². The molecule has 28 heavy (non-hydrogen) atoms. The van der Waals surface area contributed by atoms with Crippen LogP contribution in [0.4, 0.5) is 4.79 Å². The van der Waals surface area contributed by atoms with E-state index in [-0.39, 0.29) is 11.7 Å². The fraction of sp³-hybridized carbons (Fsp3) is 0.364. The maximum Gasteiger partial charge on any atom is 0.543 e. The van der Waals surface area contributed by atoms with E-state index in [0.29, 0.717) is 5.92 Å². The van der Waals surface area contributed by atoms with E-state index in [9.17, 15) is 9.59 Å². The number of hydrogen-bond donors (Lipinski definition) is 0. The zero-order valence-electron chi connectivity index (χ0n) is 15.8. The summed E-state index contributed by atoms with van der Waals surface area (Å²) in [5.41, 5.74) is 2.28. The van der Waals surface area contributed by atoms with Gasteiger partial charge in [-0.15, -0.1) is 0 Å². The molecule has 148 valence electrons. The molecule has 0 aromatic heterocycles. The smallest absolute Gasteiger partial charge is 0.429 e. The minimum absolute atomic E-state index is 0.184. The Morgan fingerprint density at radius 1 is 0.893 bits per heavy atom. The Kier molecular flexibility index (Phi) is 7.03. The lowest BCUT2D eigenvalue weighted by Crippen LogP contribution is -2.30. The summed E-state index contributed by atoms with van der Waals surface area (Å²) >= 11 is 0. The van der Waals surface area contributed by atoms with Gasteiger partial charge >= 0.3 is 12.1 Å². The van der Waals surface area contributed by atoms with Gasteiger partial charge in [-0.3, -0.25) is 4.89 Å². The van der Waals surface area contributed by atoms with Gasteiger partial charge in [0.25, 0.3) is 0 Å². The van der Waals surface area contributed by atoms with Crippen molar-refractivity contribution in [1.29, 1.82) is 0 Å². The summed E-state index contributed by atoms with van der Waals surface area (Å²) in [6.45, 7) is 2.07. The van der Waals surface area contributed by atoms with Gasteiger partial charge < -0.3 is 4.74 Å². The Morgan fingerprint density at radius 2 is 1.57 bits per heavy atom. The zero-order valence-corrected chi connectivity index (χ0v) is 15.8. The predicted molar refractivity (Wildman–Crippen MR) is 102 cm³/mol. The molecule has 0 bridgehead atoms. The van der Waals surface area contributed by atoms with Crippen LogP contribution in [0, 0.1) is 5.92 Å². The Hall–Kier alpha value is -2.86. The van der Waals surface area contributed by atoms with Crippen LogP contribution in [0.5, 0.6) is 0 Å². The van der Waals surface area contributed by atoms with Crippen molar-refractivity contribution in [3.63, 3.8) is 0 Å². The standard InChI is InChI=1S/C22H24O6/c1-2-16-8-6-7-11-20(16)25-22(24)27-28-26-21(23)19-14-12-18(13-15-19)17-9-4-3-5-10-17/h3-5,9-10,12-16,20H,2,6-8,11H2,1H3. The highest BCUT2D eigenvalue weighted by Crippen LogP contribution is 2.29. The fourth-order valence-electron chi connectivity index (χ4n) is 3.49. The molecule has 3 rings (SSSR count). The van der Waals surface area contributed by atoms with Crippen LogP contribution in [0.15, 0.2) is 54.6 Å². The summed E-state index contributed by atoms with van der Waals surface area (Å²) in [4.78, 5) is 32.7. The normalized spacial score (nSPS) is 18.9. The van der Waals surface area contributed by atoms with E-state index in [1.165, 1.54) is 0 Å². The van der Waals surface area contributed by atoms with Crippen LogP contribution < -0.4 is 0 Å². The lowest BCUT2D eigenvalue weighted by molar-refractivity contribution is -0.453. The number of hydrogen-bond acceptors (Lipinski definition) is 6. The van der Waals surface area contributed by atoms with E-state index in [2.05, 4.69) is 21.7 Å². The molecule has 1 saturated carbocycles. The highest BCUT2D eigenvalue weighted by atomic mass is 17.5. The second-order valence-electron chi connectivity index (χ2n) is 6.82. The molecule has 6 heteroatoms. The van der Waals surface area contributed by atoms with Crippen LogP contribution in [0.1, 0.15) is 49.4 Å². The lowest BCUT2D eigenvalue weighted by atomic mass is 9.85. The van der Waals surface area contributed by atoms with Gasteiger partial charge in [0.05, 0.1) is 10.6 Å². The van der Waals surface area contributed by atoms with Gasteiger partial charge in [-0.25, -0.2) is 14.5 Å². The lowest BCUT2D eigenvalue weighted by Gasteiger charge is -2.29. The van der Waals surface area contributed by atoms with Crippen LogP contribution >= 0.6 is 0 Å². The molecular formula is C22H24O6. The molecule has 0 aliphatic heterocycles. The van der Waals surface area contributed by atoms with Gasteiger partial charge in [0, 0.05) is 0 Å². The van der Waals surface area contributed by atoms with E-state index in [1.807, 2.05) is 30.3 Å². The first-order valence-electron chi connectivity index (χ1n) is 9.59. The molecular weight excluding hydrogens is 360 g/mol. The van der Waals surface area contributed by atoms with E-state index in [1.54, 1.807) is 24.3 Å². The van der Waals surface area contributed by atoms with Gasteiger partial charge in [-0.2, -0.15) is 0 Å². The molecule has 0 spiro atoms. The molecule has 2 aromatic carbocycles. The van der Waals surface area contributed by atoms with Crippen molar-refractivity contribution in [2.24, 2.45) is 5.92 Å². The van der Waals surface area contributed by atoms with Gasteiger partial charge in [0.2, 0.25) is 0 Å². The van der Waals surface area contributed by atoms with E-state index >= 15 is 0 Å². The third kappa shape index (κ3) is 5.33. The molecule has 2 aromatic rings. The minimum Gasteiger partial charge on any atom is -0.429 e. The van der Waals surface area contributed by atoms with Gasteiger partial charge in [-0.05, 0) is 54.9 Å².